The van der Waals surface area contributed by atoms with Crippen LogP contribution < -0.4 is 10.6 Å². The molecule has 0 unspecified atom stereocenters. The van der Waals surface area contributed by atoms with E-state index in [1.165, 1.54) is 42.0 Å². The zero-order chi connectivity index (χ0) is 28.2. The summed E-state index contributed by atoms with van der Waals surface area (Å²) in [5.74, 6) is -1.13. The Morgan fingerprint density at radius 3 is 2.83 bits per heavy atom. The van der Waals surface area contributed by atoms with E-state index < -0.39 is 29.7 Å². The SMILES string of the molecule is C[C@H](NC(=O)[C@@H]1COCCN1C(=O)CNC(=O)c1ccc2cc(F)ccc2n1)c1c(Cl)cccc1/C=C/C1CC1. The van der Waals surface area contributed by atoms with Crippen LogP contribution in [0.15, 0.2) is 54.6 Å². The van der Waals surface area contributed by atoms with Crippen molar-refractivity contribution >= 4 is 46.3 Å². The zero-order valence-electron chi connectivity index (χ0n) is 22.0. The van der Waals surface area contributed by atoms with Crippen molar-refractivity contribution in [2.75, 3.05) is 26.3 Å². The Labute approximate surface area is 236 Å². The zero-order valence-corrected chi connectivity index (χ0v) is 22.8. The van der Waals surface area contributed by atoms with E-state index in [2.05, 4.69) is 21.7 Å². The molecule has 2 atom stereocenters. The summed E-state index contributed by atoms with van der Waals surface area (Å²) >= 11 is 6.53. The molecule has 8 nitrogen and oxygen atoms in total. The number of pyridine rings is 1. The number of morpholine rings is 1. The fraction of sp³-hybridized carbons (Fsp3) is 0.333. The highest BCUT2D eigenvalue weighted by atomic mass is 35.5. The van der Waals surface area contributed by atoms with Gasteiger partial charge in [-0.25, -0.2) is 9.37 Å². The van der Waals surface area contributed by atoms with Gasteiger partial charge in [0.1, 0.15) is 17.6 Å². The topological polar surface area (TPSA) is 101 Å². The molecule has 2 aliphatic rings. The van der Waals surface area contributed by atoms with Gasteiger partial charge in [-0.05, 0) is 67.1 Å². The first-order chi connectivity index (χ1) is 19.3. The molecule has 0 bridgehead atoms. The summed E-state index contributed by atoms with van der Waals surface area (Å²) in [5.41, 5.74) is 2.31. The maximum Gasteiger partial charge on any atom is 0.270 e. The van der Waals surface area contributed by atoms with Crippen LogP contribution in [0.25, 0.3) is 17.0 Å². The van der Waals surface area contributed by atoms with Crippen LogP contribution in [0.1, 0.15) is 47.4 Å². The van der Waals surface area contributed by atoms with Crippen molar-refractivity contribution in [2.45, 2.75) is 31.8 Å². The third kappa shape index (κ3) is 6.48. The number of amides is 3. The Hall–Kier alpha value is -3.82. The molecule has 5 rings (SSSR count). The van der Waals surface area contributed by atoms with Crippen molar-refractivity contribution < 1.29 is 23.5 Å². The lowest BCUT2D eigenvalue weighted by Crippen LogP contribution is -2.57. The fourth-order valence-corrected chi connectivity index (χ4v) is 5.10. The number of ether oxygens (including phenoxy) is 1. The highest BCUT2D eigenvalue weighted by molar-refractivity contribution is 6.31. The third-order valence-corrected chi connectivity index (χ3v) is 7.41. The summed E-state index contributed by atoms with van der Waals surface area (Å²) in [7, 11) is 0. The molecule has 2 N–H and O–H groups in total. The largest absolute Gasteiger partial charge is 0.377 e. The van der Waals surface area contributed by atoms with Crippen molar-refractivity contribution in [1.82, 2.24) is 20.5 Å². The van der Waals surface area contributed by atoms with Crippen LogP contribution in [0, 0.1) is 11.7 Å². The van der Waals surface area contributed by atoms with Crippen molar-refractivity contribution in [2.24, 2.45) is 5.92 Å². The number of hydrogen-bond acceptors (Lipinski definition) is 5. The van der Waals surface area contributed by atoms with E-state index >= 15 is 0 Å². The van der Waals surface area contributed by atoms with Crippen molar-refractivity contribution in [1.29, 1.82) is 0 Å². The summed E-state index contributed by atoms with van der Waals surface area (Å²) in [6.07, 6.45) is 6.59. The molecule has 0 spiro atoms. The molecular formula is C30H30ClFN4O4. The first kappa shape index (κ1) is 27.7. The summed E-state index contributed by atoms with van der Waals surface area (Å²) < 4.78 is 18.9. The molecule has 2 aromatic carbocycles. The van der Waals surface area contributed by atoms with Crippen LogP contribution in [0.4, 0.5) is 4.39 Å². The first-order valence-corrected chi connectivity index (χ1v) is 13.7. The van der Waals surface area contributed by atoms with Crippen LogP contribution in [-0.4, -0.2) is 60.0 Å². The summed E-state index contributed by atoms with van der Waals surface area (Å²) in [6, 6.07) is 11.5. The fourth-order valence-electron chi connectivity index (χ4n) is 4.76. The van der Waals surface area contributed by atoms with Gasteiger partial charge in [-0.2, -0.15) is 0 Å². The molecule has 2 fully saturated rings. The van der Waals surface area contributed by atoms with Crippen molar-refractivity contribution in [3.05, 3.63) is 82.3 Å². The van der Waals surface area contributed by atoms with Crippen LogP contribution in [-0.2, 0) is 14.3 Å². The van der Waals surface area contributed by atoms with Crippen LogP contribution in [0.3, 0.4) is 0 Å². The number of nitrogens with zero attached hydrogens (tertiary/aromatic N) is 2. The van der Waals surface area contributed by atoms with Gasteiger partial charge in [0.15, 0.2) is 0 Å². The van der Waals surface area contributed by atoms with E-state index in [4.69, 9.17) is 16.3 Å². The Morgan fingerprint density at radius 2 is 2.02 bits per heavy atom. The molecule has 1 saturated heterocycles. The molecule has 1 aliphatic heterocycles. The average Bonchev–Trinajstić information content (AvgIpc) is 3.79. The lowest BCUT2D eigenvalue weighted by molar-refractivity contribution is -0.148. The third-order valence-electron chi connectivity index (χ3n) is 7.08. The lowest BCUT2D eigenvalue weighted by Gasteiger charge is -2.35. The second-order valence-corrected chi connectivity index (χ2v) is 10.5. The predicted molar refractivity (Wildman–Crippen MR) is 150 cm³/mol. The van der Waals surface area contributed by atoms with E-state index in [0.29, 0.717) is 21.8 Å². The van der Waals surface area contributed by atoms with Crippen LogP contribution in [0.2, 0.25) is 5.02 Å². The molecule has 1 aliphatic carbocycles. The van der Waals surface area contributed by atoms with Gasteiger partial charge >= 0.3 is 0 Å². The lowest BCUT2D eigenvalue weighted by atomic mass is 10.00. The Bertz CT molecular complexity index is 1480. The molecule has 1 saturated carbocycles. The number of allylic oxidation sites excluding steroid dienone is 1. The van der Waals surface area contributed by atoms with E-state index in [9.17, 15) is 18.8 Å². The normalized spacial score (nSPS) is 18.1. The minimum absolute atomic E-state index is 0.0397. The molecular weight excluding hydrogens is 535 g/mol. The number of aromatic nitrogens is 1. The van der Waals surface area contributed by atoms with Gasteiger partial charge in [-0.15, -0.1) is 0 Å². The molecule has 1 aromatic heterocycles. The summed E-state index contributed by atoms with van der Waals surface area (Å²) in [4.78, 5) is 44.8. The number of carbonyl (C=O) groups excluding carboxylic acids is 3. The molecule has 10 heteroatoms. The van der Waals surface area contributed by atoms with Crippen LogP contribution >= 0.6 is 11.6 Å². The van der Waals surface area contributed by atoms with E-state index in [1.54, 1.807) is 12.1 Å². The average molecular weight is 565 g/mol. The number of carbonyl (C=O) groups is 3. The van der Waals surface area contributed by atoms with E-state index in [-0.39, 0.29) is 37.9 Å². The van der Waals surface area contributed by atoms with Gasteiger partial charge in [-0.3, -0.25) is 14.4 Å². The smallest absolute Gasteiger partial charge is 0.270 e. The maximum absolute atomic E-state index is 13.4. The summed E-state index contributed by atoms with van der Waals surface area (Å²) in [5, 5.41) is 6.68. The Balaban J connectivity index is 1.22. The monoisotopic (exact) mass is 564 g/mol. The maximum atomic E-state index is 13.4. The summed E-state index contributed by atoms with van der Waals surface area (Å²) in [6.45, 7) is 2.07. The van der Waals surface area contributed by atoms with Gasteiger partial charge in [0.05, 0.1) is 31.3 Å². The highest BCUT2D eigenvalue weighted by Gasteiger charge is 2.34. The molecule has 2 heterocycles. The molecule has 208 valence electrons. The first-order valence-electron chi connectivity index (χ1n) is 13.3. The number of fused-ring (bicyclic) bond motifs is 1. The van der Waals surface area contributed by atoms with Crippen molar-refractivity contribution in [3.63, 3.8) is 0 Å². The molecule has 3 amide bonds. The molecule has 40 heavy (non-hydrogen) atoms. The van der Waals surface area contributed by atoms with Gasteiger partial charge in [0, 0.05) is 17.0 Å². The number of rotatable bonds is 8. The van der Waals surface area contributed by atoms with Gasteiger partial charge in [-0.1, -0.05) is 42.0 Å². The number of halogens is 2. The second kappa shape index (κ2) is 12.1. The predicted octanol–water partition coefficient (Wildman–Crippen LogP) is 4.29. The van der Waals surface area contributed by atoms with Gasteiger partial charge < -0.3 is 20.3 Å². The molecule has 0 radical (unpaired) electrons. The Morgan fingerprint density at radius 1 is 1.20 bits per heavy atom. The highest BCUT2D eigenvalue weighted by Crippen LogP contribution is 2.33. The van der Waals surface area contributed by atoms with Gasteiger partial charge in [0.2, 0.25) is 11.8 Å². The van der Waals surface area contributed by atoms with Crippen molar-refractivity contribution in [3.8, 4) is 0 Å². The second-order valence-electron chi connectivity index (χ2n) is 10.1. The number of nitrogens with one attached hydrogen (secondary N) is 2. The number of benzene rings is 2. The van der Waals surface area contributed by atoms with E-state index in [0.717, 1.165) is 11.1 Å². The number of hydrogen-bond donors (Lipinski definition) is 2. The minimum atomic E-state index is -0.859. The standard InChI is InChI=1S/C30H30ClFN4O4/c1-18(28-20(3-2-4-23(28)31)8-7-19-5-6-19)34-30(39)26-17-40-14-13-36(26)27(37)16-33-29(38)25-11-9-21-15-22(32)10-12-24(21)35-25/h2-4,7-12,15,18-19,26H,5-6,13-14,16-17H2,1H3,(H,33,38)(H,34,39)/b8-7+/t18-,26-/m0/s1. The Kier molecular flexibility index (Phi) is 8.42. The van der Waals surface area contributed by atoms with Crippen LogP contribution in [0.5, 0.6) is 0 Å². The quantitative estimate of drug-likeness (QED) is 0.425. The molecule has 3 aromatic rings. The minimum Gasteiger partial charge on any atom is -0.377 e. The van der Waals surface area contributed by atoms with E-state index in [1.807, 2.05) is 25.1 Å². The van der Waals surface area contributed by atoms with Gasteiger partial charge in [0.25, 0.3) is 5.91 Å².